The maximum absolute atomic E-state index is 12.2. The molecule has 1 fully saturated rings. The lowest BCUT2D eigenvalue weighted by Gasteiger charge is -2.33. The summed E-state index contributed by atoms with van der Waals surface area (Å²) < 4.78 is 0. The van der Waals surface area contributed by atoms with Gasteiger partial charge in [-0.1, -0.05) is 36.8 Å². The van der Waals surface area contributed by atoms with Crippen LogP contribution in [0, 0.1) is 18.8 Å². The molecule has 1 saturated carbocycles. The molecule has 1 aromatic rings. The lowest BCUT2D eigenvalue weighted by molar-refractivity contribution is -0.153. The molecule has 0 spiro atoms. The molecule has 2 N–H and O–H groups in total. The number of nitrogens with one attached hydrogen (secondary N) is 1. The zero-order chi connectivity index (χ0) is 14.7. The largest absolute Gasteiger partial charge is 0.481 e. The molecule has 0 heterocycles. The molecular weight excluding hydrogens is 254 g/mol. The van der Waals surface area contributed by atoms with Crippen LogP contribution in [0.4, 0.5) is 0 Å². The second-order valence-corrected chi connectivity index (χ2v) is 5.51. The topological polar surface area (TPSA) is 66.4 Å². The number of hydrogen-bond donors (Lipinski definition) is 2. The summed E-state index contributed by atoms with van der Waals surface area (Å²) in [6.45, 7) is 4.04. The first kappa shape index (κ1) is 14.6. The monoisotopic (exact) mass is 275 g/mol. The fourth-order valence-corrected chi connectivity index (χ4v) is 2.61. The average molecular weight is 275 g/mol. The number of carbonyl (C=O) groups is 2. The highest BCUT2D eigenvalue weighted by atomic mass is 16.4. The second-order valence-electron chi connectivity index (χ2n) is 5.51. The molecular formula is C16H21NO3. The van der Waals surface area contributed by atoms with Crippen LogP contribution in [-0.2, 0) is 9.59 Å². The molecule has 0 radical (unpaired) electrons. The fourth-order valence-electron chi connectivity index (χ4n) is 2.61. The highest BCUT2D eigenvalue weighted by Gasteiger charge is 2.41. The van der Waals surface area contributed by atoms with Crippen LogP contribution in [0.25, 0.3) is 0 Å². The highest BCUT2D eigenvalue weighted by Crippen LogP contribution is 2.35. The molecule has 0 saturated heterocycles. The van der Waals surface area contributed by atoms with Crippen molar-refractivity contribution in [2.45, 2.75) is 39.2 Å². The molecule has 0 bridgehead atoms. The number of hydrogen-bond acceptors (Lipinski definition) is 2. The van der Waals surface area contributed by atoms with Gasteiger partial charge in [-0.15, -0.1) is 0 Å². The Morgan fingerprint density at radius 1 is 1.25 bits per heavy atom. The van der Waals surface area contributed by atoms with Crippen molar-refractivity contribution in [1.82, 2.24) is 5.32 Å². The Labute approximate surface area is 119 Å². The summed E-state index contributed by atoms with van der Waals surface area (Å²) in [6.07, 6.45) is 2.07. The van der Waals surface area contributed by atoms with Gasteiger partial charge in [0.1, 0.15) is 0 Å². The van der Waals surface area contributed by atoms with E-state index < -0.39 is 11.9 Å². The third kappa shape index (κ3) is 3.00. The van der Waals surface area contributed by atoms with Crippen molar-refractivity contribution in [3.8, 4) is 0 Å². The number of carboxylic acids is 1. The maximum Gasteiger partial charge on any atom is 0.307 e. The first-order valence-corrected chi connectivity index (χ1v) is 7.12. The number of aliphatic carboxylic acids is 1. The van der Waals surface area contributed by atoms with E-state index in [1.54, 1.807) is 0 Å². The summed E-state index contributed by atoms with van der Waals surface area (Å²) in [6, 6.07) is 8.03. The molecule has 0 aliphatic heterocycles. The summed E-state index contributed by atoms with van der Waals surface area (Å²) >= 11 is 0. The molecule has 2 rings (SSSR count). The van der Waals surface area contributed by atoms with Gasteiger partial charge < -0.3 is 10.4 Å². The molecule has 108 valence electrons. The van der Waals surface area contributed by atoms with Crippen molar-refractivity contribution < 1.29 is 14.7 Å². The number of carbonyl (C=O) groups excluding carboxylic acids is 1. The molecule has 20 heavy (non-hydrogen) atoms. The van der Waals surface area contributed by atoms with Crippen LogP contribution in [0.1, 0.15) is 43.4 Å². The Bertz CT molecular complexity index is 495. The Morgan fingerprint density at radius 3 is 2.30 bits per heavy atom. The number of rotatable bonds is 5. The summed E-state index contributed by atoms with van der Waals surface area (Å²) in [4.78, 5) is 23.2. The van der Waals surface area contributed by atoms with E-state index in [4.69, 9.17) is 5.11 Å². The summed E-state index contributed by atoms with van der Waals surface area (Å²) in [5.74, 6) is -1.87. The molecule has 3 unspecified atom stereocenters. The summed E-state index contributed by atoms with van der Waals surface area (Å²) in [5, 5.41) is 12.0. The van der Waals surface area contributed by atoms with Gasteiger partial charge in [0.05, 0.1) is 17.9 Å². The van der Waals surface area contributed by atoms with Crippen molar-refractivity contribution in [3.63, 3.8) is 0 Å². The van der Waals surface area contributed by atoms with Crippen LogP contribution >= 0.6 is 0 Å². The molecule has 1 aromatic carbocycles. The molecule has 1 amide bonds. The van der Waals surface area contributed by atoms with E-state index in [0.717, 1.165) is 12.0 Å². The smallest absolute Gasteiger partial charge is 0.307 e. The normalized spacial score (nSPS) is 22.7. The van der Waals surface area contributed by atoms with E-state index in [2.05, 4.69) is 5.32 Å². The van der Waals surface area contributed by atoms with Gasteiger partial charge in [-0.25, -0.2) is 0 Å². The predicted octanol–water partition coefficient (Wildman–Crippen LogP) is 2.67. The van der Waals surface area contributed by atoms with Crippen molar-refractivity contribution in [2.24, 2.45) is 11.8 Å². The number of amides is 1. The summed E-state index contributed by atoms with van der Waals surface area (Å²) in [7, 11) is 0. The van der Waals surface area contributed by atoms with Gasteiger partial charge in [0.2, 0.25) is 5.91 Å². The van der Waals surface area contributed by atoms with E-state index in [1.807, 2.05) is 38.1 Å². The third-order valence-electron chi connectivity index (χ3n) is 4.13. The van der Waals surface area contributed by atoms with Gasteiger partial charge in [0, 0.05) is 0 Å². The summed E-state index contributed by atoms with van der Waals surface area (Å²) in [5.41, 5.74) is 2.25. The second kappa shape index (κ2) is 6.07. The van der Waals surface area contributed by atoms with Gasteiger partial charge in [-0.05, 0) is 31.7 Å². The van der Waals surface area contributed by atoms with E-state index in [9.17, 15) is 9.59 Å². The minimum Gasteiger partial charge on any atom is -0.481 e. The van der Waals surface area contributed by atoms with Gasteiger partial charge in [-0.2, -0.15) is 0 Å². The predicted molar refractivity (Wildman–Crippen MR) is 76.2 cm³/mol. The fraction of sp³-hybridized carbons (Fsp3) is 0.500. The lowest BCUT2D eigenvalue weighted by Crippen LogP contribution is -2.45. The number of benzene rings is 1. The molecule has 1 aliphatic rings. The van der Waals surface area contributed by atoms with Crippen LogP contribution in [-0.4, -0.2) is 17.0 Å². The van der Waals surface area contributed by atoms with Crippen molar-refractivity contribution >= 4 is 11.9 Å². The lowest BCUT2D eigenvalue weighted by atomic mass is 9.73. The van der Waals surface area contributed by atoms with Crippen LogP contribution < -0.4 is 5.32 Å². The molecule has 3 atom stereocenters. The van der Waals surface area contributed by atoms with E-state index in [1.165, 1.54) is 5.56 Å². The van der Waals surface area contributed by atoms with Crippen LogP contribution in [0.15, 0.2) is 24.3 Å². The van der Waals surface area contributed by atoms with Crippen LogP contribution in [0.3, 0.4) is 0 Å². The quantitative estimate of drug-likeness (QED) is 0.868. The van der Waals surface area contributed by atoms with Gasteiger partial charge in [0.25, 0.3) is 0 Å². The van der Waals surface area contributed by atoms with E-state index in [0.29, 0.717) is 12.8 Å². The number of carboxylic acid groups (broad SMARTS) is 1. The average Bonchev–Trinajstić information content (AvgIpc) is 2.35. The van der Waals surface area contributed by atoms with Crippen molar-refractivity contribution in [2.75, 3.05) is 0 Å². The first-order valence-electron chi connectivity index (χ1n) is 7.12. The molecule has 4 heteroatoms. The maximum atomic E-state index is 12.2. The Morgan fingerprint density at radius 2 is 1.85 bits per heavy atom. The Balaban J connectivity index is 2.01. The molecule has 4 nitrogen and oxygen atoms in total. The van der Waals surface area contributed by atoms with E-state index in [-0.39, 0.29) is 17.9 Å². The standard InChI is InChI=1S/C16H21NO3/c1-3-14(11-6-4-10(2)5-7-11)17-15(18)12-8-9-13(12)16(19)20/h4-7,12-14H,3,8-9H2,1-2H3,(H,17,18)(H,19,20). The van der Waals surface area contributed by atoms with Crippen molar-refractivity contribution in [1.29, 1.82) is 0 Å². The molecule has 0 aromatic heterocycles. The molecule has 1 aliphatic carbocycles. The van der Waals surface area contributed by atoms with Gasteiger partial charge in [-0.3, -0.25) is 9.59 Å². The minimum atomic E-state index is -0.861. The Hall–Kier alpha value is -1.84. The highest BCUT2D eigenvalue weighted by molar-refractivity contribution is 5.86. The zero-order valence-electron chi connectivity index (χ0n) is 11.9. The number of aryl methyl sites for hydroxylation is 1. The van der Waals surface area contributed by atoms with Crippen LogP contribution in [0.5, 0.6) is 0 Å². The third-order valence-corrected chi connectivity index (χ3v) is 4.13. The SMILES string of the molecule is CCC(NC(=O)C1CCC1C(=O)O)c1ccc(C)cc1. The zero-order valence-corrected chi connectivity index (χ0v) is 11.9. The van der Waals surface area contributed by atoms with E-state index >= 15 is 0 Å². The minimum absolute atomic E-state index is 0.0434. The van der Waals surface area contributed by atoms with Gasteiger partial charge in [0.15, 0.2) is 0 Å². The van der Waals surface area contributed by atoms with Crippen molar-refractivity contribution in [3.05, 3.63) is 35.4 Å². The first-order chi connectivity index (χ1) is 9.52. The van der Waals surface area contributed by atoms with Gasteiger partial charge >= 0.3 is 5.97 Å². The Kier molecular flexibility index (Phi) is 4.42. The van der Waals surface area contributed by atoms with Crippen LogP contribution in [0.2, 0.25) is 0 Å².